The van der Waals surface area contributed by atoms with E-state index in [1.807, 2.05) is 73.1 Å². The van der Waals surface area contributed by atoms with E-state index in [0.29, 0.717) is 6.42 Å². The Morgan fingerprint density at radius 2 is 1.76 bits per heavy atom. The molecule has 0 bridgehead atoms. The molecule has 0 aliphatic carbocycles. The summed E-state index contributed by atoms with van der Waals surface area (Å²) in [4.78, 5) is 12.2. The van der Waals surface area contributed by atoms with Crippen LogP contribution in [0.3, 0.4) is 0 Å². The number of hydrogen-bond acceptors (Lipinski definition) is 2. The number of aryl methyl sites for hydroxylation is 1. The second kappa shape index (κ2) is 7.23. The highest BCUT2D eigenvalue weighted by Gasteiger charge is 2.26. The van der Waals surface area contributed by atoms with Gasteiger partial charge in [0, 0.05) is 15.7 Å². The lowest BCUT2D eigenvalue weighted by Crippen LogP contribution is -2.24. The van der Waals surface area contributed by atoms with Gasteiger partial charge >= 0.3 is 0 Å². The van der Waals surface area contributed by atoms with Crippen molar-refractivity contribution in [3.63, 3.8) is 0 Å². The topological polar surface area (TPSA) is 60.9 Å². The zero-order valence-electron chi connectivity index (χ0n) is 14.2. The third-order valence-corrected chi connectivity index (χ3v) is 5.20. The summed E-state index contributed by atoms with van der Waals surface area (Å²) < 4.78 is 2.85. The molecule has 2 aromatic carbocycles. The number of para-hydroxylation sites is 1. The van der Waals surface area contributed by atoms with Crippen molar-refractivity contribution in [2.45, 2.75) is 26.2 Å². The number of carbonyl (C=O) groups excluding carboxylic acids is 1. The van der Waals surface area contributed by atoms with Gasteiger partial charge in [-0.25, -0.2) is 4.68 Å². The van der Waals surface area contributed by atoms with Crippen molar-refractivity contribution in [1.82, 2.24) is 9.78 Å². The molecule has 128 valence electrons. The van der Waals surface area contributed by atoms with Crippen molar-refractivity contribution < 1.29 is 4.79 Å². The van der Waals surface area contributed by atoms with Gasteiger partial charge in [0.1, 0.15) is 0 Å². The van der Waals surface area contributed by atoms with Gasteiger partial charge in [0.25, 0.3) is 0 Å². The SMILES string of the molecule is Cc1nn(-c2ccccc2)c(C)c1C(Cc1ccccc1Br)C(N)=O. The molecule has 1 atom stereocenters. The van der Waals surface area contributed by atoms with Gasteiger partial charge in [-0.2, -0.15) is 5.10 Å². The molecule has 0 aliphatic heterocycles. The lowest BCUT2D eigenvalue weighted by atomic mass is 9.90. The molecule has 3 aromatic rings. The minimum atomic E-state index is -0.420. The van der Waals surface area contributed by atoms with Crippen LogP contribution >= 0.6 is 15.9 Å². The Balaban J connectivity index is 2.05. The fraction of sp³-hybridized carbons (Fsp3) is 0.200. The van der Waals surface area contributed by atoms with Crippen LogP contribution in [0.5, 0.6) is 0 Å². The van der Waals surface area contributed by atoms with Gasteiger partial charge < -0.3 is 5.73 Å². The first kappa shape index (κ1) is 17.4. The molecule has 0 spiro atoms. The second-order valence-electron chi connectivity index (χ2n) is 6.08. The Hall–Kier alpha value is -2.40. The fourth-order valence-corrected chi connectivity index (χ4v) is 3.66. The summed E-state index contributed by atoms with van der Waals surface area (Å²) in [7, 11) is 0. The highest BCUT2D eigenvalue weighted by Crippen LogP contribution is 2.30. The Labute approximate surface area is 155 Å². The number of nitrogens with two attached hydrogens (primary N) is 1. The number of carbonyl (C=O) groups is 1. The minimum Gasteiger partial charge on any atom is -0.369 e. The molecule has 0 saturated heterocycles. The fourth-order valence-electron chi connectivity index (χ4n) is 3.21. The van der Waals surface area contributed by atoms with Gasteiger partial charge in [-0.3, -0.25) is 4.79 Å². The molecule has 0 aliphatic rings. The van der Waals surface area contributed by atoms with E-state index in [4.69, 9.17) is 5.73 Å². The van der Waals surface area contributed by atoms with Gasteiger partial charge in [-0.15, -0.1) is 0 Å². The summed E-state index contributed by atoms with van der Waals surface area (Å²) in [6.45, 7) is 3.91. The predicted octanol–water partition coefficient (Wildman–Crippen LogP) is 4.06. The normalized spacial score (nSPS) is 12.1. The summed E-state index contributed by atoms with van der Waals surface area (Å²) in [6, 6.07) is 17.8. The highest BCUT2D eigenvalue weighted by molar-refractivity contribution is 9.10. The minimum absolute atomic E-state index is 0.338. The molecule has 1 unspecified atom stereocenters. The van der Waals surface area contributed by atoms with Crippen LogP contribution in [-0.2, 0) is 11.2 Å². The van der Waals surface area contributed by atoms with Crippen LogP contribution in [-0.4, -0.2) is 15.7 Å². The molecule has 0 saturated carbocycles. The number of hydrogen-bond donors (Lipinski definition) is 1. The average Bonchev–Trinajstić information content (AvgIpc) is 2.89. The van der Waals surface area contributed by atoms with Crippen molar-refractivity contribution >= 4 is 21.8 Å². The number of primary amides is 1. The maximum atomic E-state index is 12.2. The van der Waals surface area contributed by atoms with Gasteiger partial charge in [0.2, 0.25) is 5.91 Å². The summed E-state index contributed by atoms with van der Waals surface area (Å²) in [5.74, 6) is -0.759. The standard InChI is InChI=1S/C20H20BrN3O/c1-13-19(14(2)24(23-13)16-9-4-3-5-10-16)17(20(22)25)12-15-8-6-7-11-18(15)21/h3-11,17H,12H2,1-2H3,(H2,22,25). The Kier molecular flexibility index (Phi) is 5.04. The Morgan fingerprint density at radius 3 is 2.40 bits per heavy atom. The van der Waals surface area contributed by atoms with E-state index >= 15 is 0 Å². The number of benzene rings is 2. The van der Waals surface area contributed by atoms with Crippen molar-refractivity contribution in [3.8, 4) is 5.69 Å². The average molecular weight is 398 g/mol. The first-order valence-corrected chi connectivity index (χ1v) is 8.92. The van der Waals surface area contributed by atoms with Gasteiger partial charge in [-0.05, 0) is 44.0 Å². The van der Waals surface area contributed by atoms with Gasteiger partial charge in [0.05, 0.1) is 17.3 Å². The Bertz CT molecular complexity index is 903. The summed E-state index contributed by atoms with van der Waals surface area (Å²) in [6.07, 6.45) is 0.541. The van der Waals surface area contributed by atoms with Gasteiger partial charge in [0.15, 0.2) is 0 Å². The van der Waals surface area contributed by atoms with Crippen LogP contribution in [0, 0.1) is 13.8 Å². The molecule has 4 nitrogen and oxygen atoms in total. The van der Waals surface area contributed by atoms with E-state index < -0.39 is 5.92 Å². The van der Waals surface area contributed by atoms with Crippen molar-refractivity contribution in [3.05, 3.63) is 81.6 Å². The zero-order valence-corrected chi connectivity index (χ0v) is 15.8. The highest BCUT2D eigenvalue weighted by atomic mass is 79.9. The number of nitrogens with zero attached hydrogens (tertiary/aromatic N) is 2. The first-order chi connectivity index (χ1) is 12.0. The lowest BCUT2D eigenvalue weighted by molar-refractivity contribution is -0.119. The molecule has 25 heavy (non-hydrogen) atoms. The molecular weight excluding hydrogens is 378 g/mol. The molecule has 1 aromatic heterocycles. The van der Waals surface area contributed by atoms with Crippen molar-refractivity contribution in [2.75, 3.05) is 0 Å². The van der Waals surface area contributed by atoms with E-state index in [0.717, 1.165) is 32.7 Å². The third kappa shape index (κ3) is 3.51. The summed E-state index contributed by atoms with van der Waals surface area (Å²) in [5, 5.41) is 4.64. The van der Waals surface area contributed by atoms with Crippen LogP contribution in [0.1, 0.15) is 28.4 Å². The smallest absolute Gasteiger partial charge is 0.225 e. The molecule has 3 rings (SSSR count). The van der Waals surface area contributed by atoms with Crippen LogP contribution in [0.15, 0.2) is 59.1 Å². The first-order valence-electron chi connectivity index (χ1n) is 8.13. The maximum absolute atomic E-state index is 12.2. The van der Waals surface area contributed by atoms with E-state index in [2.05, 4.69) is 21.0 Å². The Morgan fingerprint density at radius 1 is 1.12 bits per heavy atom. The predicted molar refractivity (Wildman–Crippen MR) is 103 cm³/mol. The van der Waals surface area contributed by atoms with E-state index in [-0.39, 0.29) is 5.91 Å². The van der Waals surface area contributed by atoms with Crippen LogP contribution in [0.25, 0.3) is 5.69 Å². The van der Waals surface area contributed by atoms with Gasteiger partial charge in [-0.1, -0.05) is 52.3 Å². The maximum Gasteiger partial charge on any atom is 0.225 e. The number of aromatic nitrogens is 2. The summed E-state index contributed by atoms with van der Waals surface area (Å²) in [5.41, 5.74) is 10.5. The molecule has 0 fully saturated rings. The number of rotatable bonds is 5. The third-order valence-electron chi connectivity index (χ3n) is 4.42. The molecule has 2 N–H and O–H groups in total. The van der Waals surface area contributed by atoms with Crippen LogP contribution in [0.2, 0.25) is 0 Å². The largest absolute Gasteiger partial charge is 0.369 e. The van der Waals surface area contributed by atoms with E-state index in [9.17, 15) is 4.79 Å². The van der Waals surface area contributed by atoms with E-state index in [1.54, 1.807) is 0 Å². The zero-order chi connectivity index (χ0) is 18.0. The summed E-state index contributed by atoms with van der Waals surface area (Å²) >= 11 is 3.55. The molecule has 1 heterocycles. The molecule has 1 amide bonds. The van der Waals surface area contributed by atoms with Crippen molar-refractivity contribution in [2.24, 2.45) is 5.73 Å². The van der Waals surface area contributed by atoms with Crippen LogP contribution < -0.4 is 5.73 Å². The van der Waals surface area contributed by atoms with Crippen molar-refractivity contribution in [1.29, 1.82) is 0 Å². The van der Waals surface area contributed by atoms with E-state index in [1.165, 1.54) is 0 Å². The second-order valence-corrected chi connectivity index (χ2v) is 6.94. The number of halogens is 1. The monoisotopic (exact) mass is 397 g/mol. The molecule has 5 heteroatoms. The molecule has 0 radical (unpaired) electrons. The molecular formula is C20H20BrN3O. The lowest BCUT2D eigenvalue weighted by Gasteiger charge is -2.16. The van der Waals surface area contributed by atoms with Crippen LogP contribution in [0.4, 0.5) is 0 Å². The quantitative estimate of drug-likeness (QED) is 0.705. The number of amides is 1.